The van der Waals surface area contributed by atoms with Gasteiger partial charge in [0, 0.05) is 17.1 Å². The second kappa shape index (κ2) is 10.6. The van der Waals surface area contributed by atoms with Crippen LogP contribution in [-0.2, 0) is 19.1 Å². The van der Waals surface area contributed by atoms with Gasteiger partial charge < -0.3 is 15.4 Å². The molecule has 6 nitrogen and oxygen atoms in total. The molecule has 1 aromatic carbocycles. The van der Waals surface area contributed by atoms with Crippen LogP contribution in [0.2, 0.25) is 0 Å². The van der Waals surface area contributed by atoms with Gasteiger partial charge in [-0.05, 0) is 37.1 Å². The second-order valence-corrected chi connectivity index (χ2v) is 5.99. The summed E-state index contributed by atoms with van der Waals surface area (Å²) in [6.07, 6.45) is 3.65. The van der Waals surface area contributed by atoms with Gasteiger partial charge in [0.05, 0.1) is 0 Å². The van der Waals surface area contributed by atoms with Crippen LogP contribution in [-0.4, -0.2) is 37.0 Å². The number of benzene rings is 1. The maximum absolute atomic E-state index is 11.7. The van der Waals surface area contributed by atoms with E-state index in [1.807, 2.05) is 31.2 Å². The Bertz CT molecular complexity index is 616. The maximum atomic E-state index is 11.7. The third-order valence-corrected chi connectivity index (χ3v) is 3.42. The monoisotopic (exact) mass is 396 g/mol. The van der Waals surface area contributed by atoms with E-state index in [0.29, 0.717) is 6.54 Å². The summed E-state index contributed by atoms with van der Waals surface area (Å²) in [6.45, 7) is 3.62. The Morgan fingerprint density at radius 3 is 2.75 bits per heavy atom. The number of halogens is 1. The van der Waals surface area contributed by atoms with E-state index in [-0.39, 0.29) is 5.91 Å². The van der Waals surface area contributed by atoms with Crippen molar-refractivity contribution in [1.82, 2.24) is 10.6 Å². The molecule has 24 heavy (non-hydrogen) atoms. The molecule has 1 rings (SSSR count). The minimum absolute atomic E-state index is 0.272. The molecule has 0 heterocycles. The molecule has 0 spiro atoms. The van der Waals surface area contributed by atoms with Gasteiger partial charge in [-0.1, -0.05) is 35.0 Å². The number of nitrogens with one attached hydrogen (secondary N) is 2. The molecular weight excluding hydrogens is 376 g/mol. The van der Waals surface area contributed by atoms with Gasteiger partial charge in [0.2, 0.25) is 5.91 Å². The summed E-state index contributed by atoms with van der Waals surface area (Å²) in [7, 11) is 0. The van der Waals surface area contributed by atoms with Crippen LogP contribution in [0.15, 0.2) is 34.8 Å². The van der Waals surface area contributed by atoms with Crippen LogP contribution in [0.25, 0.3) is 6.08 Å². The van der Waals surface area contributed by atoms with Crippen LogP contribution in [0, 0.1) is 0 Å². The third kappa shape index (κ3) is 7.92. The smallest absolute Gasteiger partial charge is 0.331 e. The number of carbonyl (C=O) groups is 3. The van der Waals surface area contributed by atoms with Crippen LogP contribution in [0.4, 0.5) is 0 Å². The third-order valence-electron chi connectivity index (χ3n) is 2.93. The topological polar surface area (TPSA) is 84.5 Å². The van der Waals surface area contributed by atoms with E-state index in [4.69, 9.17) is 4.74 Å². The summed E-state index contributed by atoms with van der Waals surface area (Å²) in [5, 5.41) is 5.14. The van der Waals surface area contributed by atoms with E-state index < -0.39 is 24.5 Å². The fourth-order valence-electron chi connectivity index (χ4n) is 1.71. The lowest BCUT2D eigenvalue weighted by Gasteiger charge is -2.13. The zero-order valence-electron chi connectivity index (χ0n) is 13.7. The van der Waals surface area contributed by atoms with Crippen molar-refractivity contribution in [1.29, 1.82) is 0 Å². The highest BCUT2D eigenvalue weighted by Gasteiger charge is 2.15. The molecule has 0 aliphatic rings. The van der Waals surface area contributed by atoms with E-state index in [2.05, 4.69) is 26.6 Å². The molecular formula is C17H21BrN2O4. The summed E-state index contributed by atoms with van der Waals surface area (Å²) in [5.74, 6) is -1.43. The van der Waals surface area contributed by atoms with E-state index in [0.717, 1.165) is 16.5 Å². The van der Waals surface area contributed by atoms with Gasteiger partial charge in [-0.15, -0.1) is 0 Å². The molecule has 7 heteroatoms. The molecule has 2 amide bonds. The number of amides is 2. The number of esters is 1. The lowest BCUT2D eigenvalue weighted by Crippen LogP contribution is -2.46. The minimum atomic E-state index is -0.681. The summed E-state index contributed by atoms with van der Waals surface area (Å²) >= 11 is 3.33. The molecule has 2 N–H and O–H groups in total. The first-order valence-electron chi connectivity index (χ1n) is 7.60. The highest BCUT2D eigenvalue weighted by atomic mass is 79.9. The van der Waals surface area contributed by atoms with E-state index >= 15 is 0 Å². The Kier molecular flexibility index (Phi) is 8.78. The Labute approximate surface area is 149 Å². The summed E-state index contributed by atoms with van der Waals surface area (Å²) in [6, 6.07) is 6.70. The Balaban J connectivity index is 2.35. The fourth-order valence-corrected chi connectivity index (χ4v) is 2.13. The molecule has 0 aliphatic heterocycles. The van der Waals surface area contributed by atoms with Gasteiger partial charge in [-0.3, -0.25) is 9.59 Å². The van der Waals surface area contributed by atoms with E-state index in [1.54, 1.807) is 13.0 Å². The average molecular weight is 397 g/mol. The highest BCUT2D eigenvalue weighted by molar-refractivity contribution is 9.10. The van der Waals surface area contributed by atoms with Crippen molar-refractivity contribution in [2.45, 2.75) is 26.3 Å². The highest BCUT2D eigenvalue weighted by Crippen LogP contribution is 2.12. The van der Waals surface area contributed by atoms with E-state index in [1.165, 1.54) is 6.08 Å². The minimum Gasteiger partial charge on any atom is -0.452 e. The van der Waals surface area contributed by atoms with Crippen molar-refractivity contribution in [2.75, 3.05) is 13.2 Å². The number of hydrogen-bond acceptors (Lipinski definition) is 4. The van der Waals surface area contributed by atoms with Crippen molar-refractivity contribution in [3.05, 3.63) is 40.4 Å². The molecule has 0 radical (unpaired) electrons. The van der Waals surface area contributed by atoms with Crippen molar-refractivity contribution >= 4 is 39.8 Å². The van der Waals surface area contributed by atoms with Crippen molar-refractivity contribution in [2.24, 2.45) is 0 Å². The van der Waals surface area contributed by atoms with Crippen LogP contribution in [0.3, 0.4) is 0 Å². The Morgan fingerprint density at radius 2 is 2.08 bits per heavy atom. The van der Waals surface area contributed by atoms with Gasteiger partial charge in [-0.25, -0.2) is 4.79 Å². The lowest BCUT2D eigenvalue weighted by atomic mass is 10.2. The first-order chi connectivity index (χ1) is 11.4. The van der Waals surface area contributed by atoms with Crippen molar-refractivity contribution in [3.63, 3.8) is 0 Å². The SMILES string of the molecule is CCCNC(=O)[C@@H](C)NC(=O)COC(=O)/C=C/c1cccc(Br)c1. The fraction of sp³-hybridized carbons (Fsp3) is 0.353. The molecule has 130 valence electrons. The zero-order chi connectivity index (χ0) is 17.9. The molecule has 0 bridgehead atoms. The average Bonchev–Trinajstić information content (AvgIpc) is 2.56. The Hall–Kier alpha value is -2.15. The normalized spacial score (nSPS) is 11.8. The number of carbonyl (C=O) groups excluding carboxylic acids is 3. The first-order valence-corrected chi connectivity index (χ1v) is 8.39. The first kappa shape index (κ1) is 19.9. The Morgan fingerprint density at radius 1 is 1.33 bits per heavy atom. The van der Waals surface area contributed by atoms with Crippen molar-refractivity contribution in [3.8, 4) is 0 Å². The van der Waals surface area contributed by atoms with Crippen LogP contribution in [0.1, 0.15) is 25.8 Å². The van der Waals surface area contributed by atoms with Crippen LogP contribution >= 0.6 is 15.9 Å². The second-order valence-electron chi connectivity index (χ2n) is 5.08. The van der Waals surface area contributed by atoms with Gasteiger partial charge in [0.25, 0.3) is 5.91 Å². The summed E-state index contributed by atoms with van der Waals surface area (Å²) in [5.41, 5.74) is 0.826. The van der Waals surface area contributed by atoms with E-state index in [9.17, 15) is 14.4 Å². The number of hydrogen-bond donors (Lipinski definition) is 2. The molecule has 0 saturated heterocycles. The standard InChI is InChI=1S/C17H21BrN2O4/c1-3-9-19-17(23)12(2)20-15(21)11-24-16(22)8-7-13-5-4-6-14(18)10-13/h4-8,10,12H,3,9,11H2,1-2H3,(H,19,23)(H,20,21)/b8-7+/t12-/m1/s1. The number of ether oxygens (including phenoxy) is 1. The molecule has 1 atom stereocenters. The van der Waals surface area contributed by atoms with Gasteiger partial charge in [0.1, 0.15) is 6.04 Å². The van der Waals surface area contributed by atoms with Gasteiger partial charge >= 0.3 is 5.97 Å². The van der Waals surface area contributed by atoms with Crippen LogP contribution < -0.4 is 10.6 Å². The summed E-state index contributed by atoms with van der Waals surface area (Å²) in [4.78, 5) is 34.9. The maximum Gasteiger partial charge on any atom is 0.331 e. The van der Waals surface area contributed by atoms with Crippen molar-refractivity contribution < 1.29 is 19.1 Å². The summed E-state index contributed by atoms with van der Waals surface area (Å²) < 4.78 is 5.73. The van der Waals surface area contributed by atoms with Crippen LogP contribution in [0.5, 0.6) is 0 Å². The van der Waals surface area contributed by atoms with Gasteiger partial charge in [0.15, 0.2) is 6.61 Å². The lowest BCUT2D eigenvalue weighted by molar-refractivity contribution is -0.144. The predicted molar refractivity (Wildman–Crippen MR) is 95.0 cm³/mol. The quantitative estimate of drug-likeness (QED) is 0.520. The zero-order valence-corrected chi connectivity index (χ0v) is 15.3. The number of rotatable bonds is 8. The predicted octanol–water partition coefficient (Wildman–Crippen LogP) is 2.04. The largest absolute Gasteiger partial charge is 0.452 e. The molecule has 0 aliphatic carbocycles. The molecule has 1 aromatic rings. The molecule has 0 aromatic heterocycles. The molecule has 0 fully saturated rings. The molecule has 0 unspecified atom stereocenters. The molecule has 0 saturated carbocycles. The van der Waals surface area contributed by atoms with Gasteiger partial charge in [-0.2, -0.15) is 0 Å².